The normalized spacial score (nSPS) is 18.3. The van der Waals surface area contributed by atoms with E-state index in [1.54, 1.807) is 12.1 Å². The van der Waals surface area contributed by atoms with Gasteiger partial charge in [-0.1, -0.05) is 28.1 Å². The Bertz CT molecular complexity index is 870. The fourth-order valence-corrected chi connectivity index (χ4v) is 3.60. The predicted molar refractivity (Wildman–Crippen MR) is 99.4 cm³/mol. The highest BCUT2D eigenvalue weighted by molar-refractivity contribution is 9.10. The smallest absolute Gasteiger partial charge is 0.265 e. The number of carbonyl (C=O) groups excluding carboxylic acids is 2. The second-order valence-corrected chi connectivity index (χ2v) is 7.09. The molecule has 0 spiro atoms. The molecule has 6 nitrogen and oxygen atoms in total. The number of para-hydroxylation sites is 2. The van der Waals surface area contributed by atoms with Crippen LogP contribution in [0.1, 0.15) is 18.0 Å². The van der Waals surface area contributed by atoms with Crippen molar-refractivity contribution in [3.05, 3.63) is 52.5 Å². The van der Waals surface area contributed by atoms with Crippen LogP contribution < -0.4 is 19.7 Å². The van der Waals surface area contributed by atoms with Gasteiger partial charge < -0.3 is 14.8 Å². The van der Waals surface area contributed by atoms with Crippen molar-refractivity contribution in [2.75, 3.05) is 24.7 Å². The maximum Gasteiger partial charge on any atom is 0.265 e. The average Bonchev–Trinajstić information content (AvgIpc) is 2.64. The fraction of sp³-hybridized carbons (Fsp3) is 0.263. The third-order valence-electron chi connectivity index (χ3n) is 4.46. The summed E-state index contributed by atoms with van der Waals surface area (Å²) in [5.41, 5.74) is 1.56. The zero-order chi connectivity index (χ0) is 18.1. The quantitative estimate of drug-likeness (QED) is 0.834. The standard InChI is InChI=1S/C19H17BrN2O4/c20-12-5-6-16-13(9-12)14(7-8-25-16)21-18(23)10-22-15-3-1-2-4-17(15)26-11-19(22)24/h1-6,9,14H,7-8,10-11H2,(H,21,23). The molecule has 2 heterocycles. The van der Waals surface area contributed by atoms with Crippen molar-refractivity contribution >= 4 is 33.4 Å². The fourth-order valence-electron chi connectivity index (χ4n) is 3.23. The van der Waals surface area contributed by atoms with Gasteiger partial charge in [-0.15, -0.1) is 0 Å². The number of fused-ring (bicyclic) bond motifs is 2. The van der Waals surface area contributed by atoms with Crippen LogP contribution in [0.3, 0.4) is 0 Å². The summed E-state index contributed by atoms with van der Waals surface area (Å²) >= 11 is 3.45. The van der Waals surface area contributed by atoms with Crippen LogP contribution >= 0.6 is 15.9 Å². The van der Waals surface area contributed by atoms with Crippen molar-refractivity contribution in [2.24, 2.45) is 0 Å². The molecule has 4 rings (SSSR count). The van der Waals surface area contributed by atoms with E-state index in [4.69, 9.17) is 9.47 Å². The van der Waals surface area contributed by atoms with E-state index in [2.05, 4.69) is 21.2 Å². The highest BCUT2D eigenvalue weighted by Crippen LogP contribution is 2.34. The van der Waals surface area contributed by atoms with Crippen molar-refractivity contribution in [1.29, 1.82) is 0 Å². The van der Waals surface area contributed by atoms with Crippen LogP contribution in [0.4, 0.5) is 5.69 Å². The third kappa shape index (κ3) is 3.26. The Morgan fingerprint density at radius 1 is 1.19 bits per heavy atom. The van der Waals surface area contributed by atoms with Crippen LogP contribution in [0.25, 0.3) is 0 Å². The molecule has 0 bridgehead atoms. The molecule has 0 fully saturated rings. The summed E-state index contributed by atoms with van der Waals surface area (Å²) in [6, 6.07) is 12.8. The molecule has 1 atom stereocenters. The van der Waals surface area contributed by atoms with Gasteiger partial charge in [0.2, 0.25) is 5.91 Å². The number of ether oxygens (including phenoxy) is 2. The van der Waals surface area contributed by atoms with Gasteiger partial charge in [0, 0.05) is 16.5 Å². The summed E-state index contributed by atoms with van der Waals surface area (Å²) in [4.78, 5) is 26.3. The molecule has 1 N–H and O–H groups in total. The summed E-state index contributed by atoms with van der Waals surface area (Å²) in [5, 5.41) is 3.03. The van der Waals surface area contributed by atoms with Crippen LogP contribution in [-0.4, -0.2) is 31.6 Å². The zero-order valence-electron chi connectivity index (χ0n) is 13.9. The molecule has 2 amide bonds. The van der Waals surface area contributed by atoms with Gasteiger partial charge in [-0.05, 0) is 30.3 Å². The summed E-state index contributed by atoms with van der Waals surface area (Å²) < 4.78 is 12.0. The average molecular weight is 417 g/mol. The third-order valence-corrected chi connectivity index (χ3v) is 4.95. The molecule has 2 aromatic carbocycles. The van der Waals surface area contributed by atoms with Crippen LogP contribution in [0.5, 0.6) is 11.5 Å². The summed E-state index contributed by atoms with van der Waals surface area (Å²) in [7, 11) is 0. The molecular weight excluding hydrogens is 400 g/mol. The van der Waals surface area contributed by atoms with Gasteiger partial charge in [0.1, 0.15) is 18.0 Å². The molecule has 0 radical (unpaired) electrons. The molecule has 7 heteroatoms. The molecule has 2 aliphatic heterocycles. The minimum Gasteiger partial charge on any atom is -0.493 e. The van der Waals surface area contributed by atoms with Crippen LogP contribution in [0.2, 0.25) is 0 Å². The van der Waals surface area contributed by atoms with Gasteiger partial charge in [-0.3, -0.25) is 14.5 Å². The van der Waals surface area contributed by atoms with Crippen molar-refractivity contribution in [3.8, 4) is 11.5 Å². The Balaban J connectivity index is 1.51. The molecule has 0 aromatic heterocycles. The van der Waals surface area contributed by atoms with Crippen molar-refractivity contribution in [3.63, 3.8) is 0 Å². The van der Waals surface area contributed by atoms with Gasteiger partial charge in [0.25, 0.3) is 5.91 Å². The molecule has 2 aliphatic rings. The van der Waals surface area contributed by atoms with Gasteiger partial charge in [0.05, 0.1) is 18.3 Å². The molecular formula is C19H17BrN2O4. The first kappa shape index (κ1) is 16.9. The van der Waals surface area contributed by atoms with E-state index in [-0.39, 0.29) is 31.0 Å². The monoisotopic (exact) mass is 416 g/mol. The number of nitrogens with zero attached hydrogens (tertiary/aromatic N) is 1. The number of amides is 2. The Hall–Kier alpha value is -2.54. The van der Waals surface area contributed by atoms with Crippen molar-refractivity contribution in [2.45, 2.75) is 12.5 Å². The Morgan fingerprint density at radius 2 is 2.04 bits per heavy atom. The number of benzene rings is 2. The highest BCUT2D eigenvalue weighted by Gasteiger charge is 2.29. The Labute approximate surface area is 159 Å². The number of anilines is 1. The molecule has 0 saturated heterocycles. The summed E-state index contributed by atoms with van der Waals surface area (Å²) in [5.74, 6) is 0.944. The lowest BCUT2D eigenvalue weighted by atomic mass is 10.0. The predicted octanol–water partition coefficient (Wildman–Crippen LogP) is 2.81. The minimum atomic E-state index is -0.228. The SMILES string of the molecule is O=C(CN1C(=O)COc2ccccc21)NC1CCOc2ccc(Br)cc21. The maximum absolute atomic E-state index is 12.6. The summed E-state index contributed by atoms with van der Waals surface area (Å²) in [6.45, 7) is 0.441. The maximum atomic E-state index is 12.6. The van der Waals surface area contributed by atoms with Gasteiger partial charge in [0.15, 0.2) is 6.61 Å². The molecule has 2 aromatic rings. The van der Waals surface area contributed by atoms with E-state index >= 15 is 0 Å². The number of hydrogen-bond donors (Lipinski definition) is 1. The van der Waals surface area contributed by atoms with E-state index in [1.807, 2.05) is 30.3 Å². The first-order valence-electron chi connectivity index (χ1n) is 8.35. The number of rotatable bonds is 3. The van der Waals surface area contributed by atoms with Crippen LogP contribution in [0, 0.1) is 0 Å². The Morgan fingerprint density at radius 3 is 2.92 bits per heavy atom. The van der Waals surface area contributed by atoms with Crippen LogP contribution in [0.15, 0.2) is 46.9 Å². The lowest BCUT2D eigenvalue weighted by Crippen LogP contribution is -2.46. The van der Waals surface area contributed by atoms with Crippen molar-refractivity contribution < 1.29 is 19.1 Å². The second-order valence-electron chi connectivity index (χ2n) is 6.18. The molecule has 134 valence electrons. The first-order valence-corrected chi connectivity index (χ1v) is 9.15. The van der Waals surface area contributed by atoms with Crippen molar-refractivity contribution in [1.82, 2.24) is 5.32 Å². The van der Waals surface area contributed by atoms with Gasteiger partial charge in [-0.25, -0.2) is 0 Å². The zero-order valence-corrected chi connectivity index (χ0v) is 15.5. The van der Waals surface area contributed by atoms with Gasteiger partial charge >= 0.3 is 0 Å². The molecule has 0 saturated carbocycles. The lowest BCUT2D eigenvalue weighted by molar-refractivity contribution is -0.125. The van der Waals surface area contributed by atoms with E-state index in [0.717, 1.165) is 15.8 Å². The topological polar surface area (TPSA) is 67.9 Å². The minimum absolute atomic E-state index is 0.0418. The molecule has 26 heavy (non-hydrogen) atoms. The van der Waals surface area contributed by atoms with Gasteiger partial charge in [-0.2, -0.15) is 0 Å². The highest BCUT2D eigenvalue weighted by atomic mass is 79.9. The molecule has 1 unspecified atom stereocenters. The number of hydrogen-bond acceptors (Lipinski definition) is 4. The summed E-state index contributed by atoms with van der Waals surface area (Å²) in [6.07, 6.45) is 0.683. The number of carbonyl (C=O) groups is 2. The number of nitrogens with one attached hydrogen (secondary N) is 1. The lowest BCUT2D eigenvalue weighted by Gasteiger charge is -2.30. The van der Waals surface area contributed by atoms with E-state index in [9.17, 15) is 9.59 Å². The van der Waals surface area contributed by atoms with E-state index < -0.39 is 0 Å². The molecule has 0 aliphatic carbocycles. The second kappa shape index (κ2) is 6.99. The van der Waals surface area contributed by atoms with E-state index in [1.165, 1.54) is 4.90 Å². The van der Waals surface area contributed by atoms with E-state index in [0.29, 0.717) is 24.5 Å². The van der Waals surface area contributed by atoms with Crippen LogP contribution in [-0.2, 0) is 9.59 Å². The number of halogens is 1. The largest absolute Gasteiger partial charge is 0.493 e. The first-order chi connectivity index (χ1) is 12.6. The Kier molecular flexibility index (Phi) is 4.55.